The number of carbonyl (C=O) groups is 2. The van der Waals surface area contributed by atoms with Gasteiger partial charge in [0.1, 0.15) is 5.03 Å². The van der Waals surface area contributed by atoms with Gasteiger partial charge in [0.15, 0.2) is 0 Å². The summed E-state index contributed by atoms with van der Waals surface area (Å²) in [5.74, 6) is -0.0274. The van der Waals surface area contributed by atoms with Gasteiger partial charge >= 0.3 is 0 Å². The van der Waals surface area contributed by atoms with Crippen LogP contribution in [-0.4, -0.2) is 67.6 Å². The predicted octanol–water partition coefficient (Wildman–Crippen LogP) is 2.81. The Kier molecular flexibility index (Phi) is 7.56. The molecule has 7 nitrogen and oxygen atoms in total. The van der Waals surface area contributed by atoms with Gasteiger partial charge in [-0.15, -0.1) is 0 Å². The Bertz CT molecular complexity index is 917. The third-order valence-electron chi connectivity index (χ3n) is 5.47. The minimum atomic E-state index is -0.0635. The smallest absolute Gasteiger partial charge is 0.261 e. The number of nitrogens with zero attached hydrogens (tertiary/aromatic N) is 3. The maximum Gasteiger partial charge on any atom is 0.261 e. The van der Waals surface area contributed by atoms with Gasteiger partial charge in [0, 0.05) is 43.7 Å². The highest BCUT2D eigenvalue weighted by Crippen LogP contribution is 2.40. The molecule has 0 atom stereocenters. The first-order chi connectivity index (χ1) is 15.2. The number of anilines is 1. The molecule has 164 valence electrons. The fourth-order valence-corrected chi connectivity index (χ4v) is 4.84. The topological polar surface area (TPSA) is 74.8 Å². The number of benzene rings is 1. The van der Waals surface area contributed by atoms with E-state index in [0.717, 1.165) is 54.9 Å². The number of hydrogen-bond acceptors (Lipinski definition) is 6. The van der Waals surface area contributed by atoms with Crippen LogP contribution in [0.5, 0.6) is 0 Å². The molecule has 1 N–H and O–H groups in total. The Hall–Kier alpha value is -2.42. The average Bonchev–Trinajstić information content (AvgIpc) is 2.92. The number of carbonyl (C=O) groups excluding carboxylic acids is 2. The van der Waals surface area contributed by atoms with Crippen molar-refractivity contribution in [1.82, 2.24) is 15.2 Å². The van der Waals surface area contributed by atoms with Gasteiger partial charge in [0.25, 0.3) is 5.91 Å². The molecule has 0 aliphatic carbocycles. The number of aromatic nitrogens is 1. The van der Waals surface area contributed by atoms with E-state index >= 15 is 0 Å². The van der Waals surface area contributed by atoms with Crippen LogP contribution in [0.3, 0.4) is 0 Å². The Morgan fingerprint density at radius 3 is 2.81 bits per heavy atom. The summed E-state index contributed by atoms with van der Waals surface area (Å²) < 4.78 is 5.35. The monoisotopic (exact) mass is 440 g/mol. The van der Waals surface area contributed by atoms with Crippen molar-refractivity contribution >= 4 is 29.3 Å². The first-order valence-electron chi connectivity index (χ1n) is 10.8. The quantitative estimate of drug-likeness (QED) is 0.637. The number of morpholine rings is 1. The molecule has 1 fully saturated rings. The molecule has 8 heteroatoms. The zero-order chi connectivity index (χ0) is 21.5. The molecule has 3 heterocycles. The average molecular weight is 441 g/mol. The van der Waals surface area contributed by atoms with Crippen molar-refractivity contribution in [2.24, 2.45) is 0 Å². The van der Waals surface area contributed by atoms with Crippen molar-refractivity contribution in [1.29, 1.82) is 0 Å². The van der Waals surface area contributed by atoms with Gasteiger partial charge in [0.2, 0.25) is 5.91 Å². The Balaban J connectivity index is 1.28. The van der Waals surface area contributed by atoms with E-state index in [0.29, 0.717) is 31.5 Å². The number of pyridine rings is 1. The molecule has 2 aliphatic rings. The van der Waals surface area contributed by atoms with Gasteiger partial charge in [-0.3, -0.25) is 14.5 Å². The van der Waals surface area contributed by atoms with E-state index in [1.54, 1.807) is 17.2 Å². The molecule has 1 saturated heterocycles. The van der Waals surface area contributed by atoms with Crippen LogP contribution in [0.25, 0.3) is 0 Å². The van der Waals surface area contributed by atoms with E-state index in [2.05, 4.69) is 15.2 Å². The molecular weight excluding hydrogens is 412 g/mol. The van der Waals surface area contributed by atoms with Crippen LogP contribution >= 0.6 is 11.8 Å². The number of para-hydroxylation sites is 1. The lowest BCUT2D eigenvalue weighted by Gasteiger charge is -2.26. The van der Waals surface area contributed by atoms with Gasteiger partial charge in [-0.1, -0.05) is 23.9 Å². The van der Waals surface area contributed by atoms with E-state index in [9.17, 15) is 9.59 Å². The summed E-state index contributed by atoms with van der Waals surface area (Å²) >= 11 is 1.51. The van der Waals surface area contributed by atoms with Gasteiger partial charge in [-0.2, -0.15) is 0 Å². The second-order valence-corrected chi connectivity index (χ2v) is 8.67. The van der Waals surface area contributed by atoms with Gasteiger partial charge in [-0.25, -0.2) is 4.98 Å². The molecule has 1 aromatic carbocycles. The Labute approximate surface area is 187 Å². The lowest BCUT2D eigenvalue weighted by atomic mass is 10.2. The first-order valence-corrected chi connectivity index (χ1v) is 11.6. The summed E-state index contributed by atoms with van der Waals surface area (Å²) in [6.07, 6.45) is 3.65. The molecule has 2 aromatic rings. The summed E-state index contributed by atoms with van der Waals surface area (Å²) in [4.78, 5) is 35.0. The lowest BCUT2D eigenvalue weighted by Crippen LogP contribution is -2.38. The van der Waals surface area contributed by atoms with Crippen LogP contribution in [0.15, 0.2) is 52.5 Å². The fraction of sp³-hybridized carbons (Fsp3) is 0.435. The van der Waals surface area contributed by atoms with Crippen LogP contribution in [0.2, 0.25) is 0 Å². The van der Waals surface area contributed by atoms with E-state index < -0.39 is 0 Å². The molecule has 0 unspecified atom stereocenters. The number of rotatable bonds is 8. The van der Waals surface area contributed by atoms with E-state index in [1.165, 1.54) is 11.8 Å². The van der Waals surface area contributed by atoms with Crippen LogP contribution in [-0.2, 0) is 9.53 Å². The van der Waals surface area contributed by atoms with E-state index in [1.807, 2.05) is 30.3 Å². The van der Waals surface area contributed by atoms with Crippen molar-refractivity contribution in [2.75, 3.05) is 50.8 Å². The highest BCUT2D eigenvalue weighted by atomic mass is 32.2. The Morgan fingerprint density at radius 1 is 1.10 bits per heavy atom. The largest absolute Gasteiger partial charge is 0.379 e. The standard InChI is InChI=1S/C23H28N4O3S/c28-21(24-11-5-12-26-14-16-30-17-15-26)9-4-13-27-19-7-1-2-8-20(19)31-22-18(23(27)29)6-3-10-25-22/h1-3,6-8,10H,4-5,9,11-17H2,(H,24,28). The third kappa shape index (κ3) is 5.64. The molecule has 0 radical (unpaired) electrons. The summed E-state index contributed by atoms with van der Waals surface area (Å²) in [6, 6.07) is 11.5. The highest BCUT2D eigenvalue weighted by molar-refractivity contribution is 7.99. The van der Waals surface area contributed by atoms with Crippen molar-refractivity contribution in [3.05, 3.63) is 48.2 Å². The summed E-state index contributed by atoms with van der Waals surface area (Å²) in [5, 5.41) is 3.73. The van der Waals surface area contributed by atoms with E-state index in [4.69, 9.17) is 4.74 Å². The maximum atomic E-state index is 13.2. The number of nitrogens with one attached hydrogen (secondary N) is 1. The molecule has 4 rings (SSSR count). The summed E-state index contributed by atoms with van der Waals surface area (Å²) in [6.45, 7) is 5.68. The number of fused-ring (bicyclic) bond motifs is 2. The lowest BCUT2D eigenvalue weighted by molar-refractivity contribution is -0.121. The first kappa shape index (κ1) is 21.8. The number of amides is 2. The second-order valence-electron chi connectivity index (χ2n) is 7.64. The minimum Gasteiger partial charge on any atom is -0.379 e. The molecule has 0 saturated carbocycles. The predicted molar refractivity (Wildman–Crippen MR) is 121 cm³/mol. The van der Waals surface area contributed by atoms with Crippen LogP contribution in [0.4, 0.5) is 5.69 Å². The number of ether oxygens (including phenoxy) is 1. The van der Waals surface area contributed by atoms with Gasteiger partial charge in [-0.05, 0) is 43.7 Å². The van der Waals surface area contributed by atoms with E-state index in [-0.39, 0.29) is 11.8 Å². The summed E-state index contributed by atoms with van der Waals surface area (Å²) in [7, 11) is 0. The fourth-order valence-electron chi connectivity index (χ4n) is 3.82. The Morgan fingerprint density at radius 2 is 1.94 bits per heavy atom. The molecule has 31 heavy (non-hydrogen) atoms. The normalized spacial score (nSPS) is 16.4. The van der Waals surface area contributed by atoms with Gasteiger partial charge in [0.05, 0.1) is 24.5 Å². The maximum absolute atomic E-state index is 13.2. The molecule has 1 aromatic heterocycles. The highest BCUT2D eigenvalue weighted by Gasteiger charge is 2.27. The van der Waals surface area contributed by atoms with Crippen molar-refractivity contribution < 1.29 is 14.3 Å². The van der Waals surface area contributed by atoms with Crippen molar-refractivity contribution in [3.63, 3.8) is 0 Å². The van der Waals surface area contributed by atoms with Crippen LogP contribution < -0.4 is 10.2 Å². The molecular formula is C23H28N4O3S. The minimum absolute atomic E-state index is 0.0361. The van der Waals surface area contributed by atoms with Crippen LogP contribution in [0.1, 0.15) is 29.6 Å². The van der Waals surface area contributed by atoms with Gasteiger partial charge < -0.3 is 15.0 Å². The van der Waals surface area contributed by atoms with Crippen molar-refractivity contribution in [2.45, 2.75) is 29.2 Å². The third-order valence-corrected chi connectivity index (χ3v) is 6.56. The van der Waals surface area contributed by atoms with Crippen LogP contribution in [0, 0.1) is 0 Å². The molecule has 2 aliphatic heterocycles. The molecule has 0 bridgehead atoms. The molecule has 0 spiro atoms. The zero-order valence-electron chi connectivity index (χ0n) is 17.6. The number of hydrogen-bond donors (Lipinski definition) is 1. The second kappa shape index (κ2) is 10.7. The van der Waals surface area contributed by atoms with Crippen molar-refractivity contribution in [3.8, 4) is 0 Å². The molecule has 2 amide bonds. The summed E-state index contributed by atoms with van der Waals surface area (Å²) in [5.41, 5.74) is 1.48. The SMILES string of the molecule is O=C(CCCN1C(=O)c2cccnc2Sc2ccccc21)NCCCN1CCOCC1. The zero-order valence-corrected chi connectivity index (χ0v) is 18.4.